The van der Waals surface area contributed by atoms with E-state index in [1.54, 1.807) is 7.11 Å². The van der Waals surface area contributed by atoms with E-state index in [9.17, 15) is 4.79 Å². The quantitative estimate of drug-likeness (QED) is 0.785. The monoisotopic (exact) mass is 296 g/mol. The summed E-state index contributed by atoms with van der Waals surface area (Å²) >= 11 is 0. The molecule has 0 radical (unpaired) electrons. The zero-order valence-corrected chi connectivity index (χ0v) is 14.1. The average Bonchev–Trinajstić information content (AvgIpc) is 3.00. The maximum absolute atomic E-state index is 12.9. The van der Waals surface area contributed by atoms with Crippen molar-refractivity contribution < 1.29 is 9.53 Å². The van der Waals surface area contributed by atoms with Gasteiger partial charge in [0.15, 0.2) is 0 Å². The van der Waals surface area contributed by atoms with Crippen LogP contribution in [0.5, 0.6) is 0 Å². The van der Waals surface area contributed by atoms with Crippen LogP contribution in [0.4, 0.5) is 0 Å². The van der Waals surface area contributed by atoms with Gasteiger partial charge in [-0.1, -0.05) is 33.6 Å². The van der Waals surface area contributed by atoms with Crippen LogP contribution in [0.15, 0.2) is 0 Å². The van der Waals surface area contributed by atoms with Gasteiger partial charge in [0.2, 0.25) is 5.91 Å². The molecule has 1 amide bonds. The van der Waals surface area contributed by atoms with Crippen molar-refractivity contribution in [1.82, 2.24) is 10.2 Å². The molecule has 0 spiro atoms. The molecule has 1 heterocycles. The van der Waals surface area contributed by atoms with E-state index in [0.29, 0.717) is 11.8 Å². The minimum Gasteiger partial charge on any atom is -0.379 e. The number of carbonyl (C=O) groups is 1. The van der Waals surface area contributed by atoms with E-state index in [-0.39, 0.29) is 24.4 Å². The molecule has 0 aromatic heterocycles. The molecule has 4 heteroatoms. The van der Waals surface area contributed by atoms with E-state index < -0.39 is 0 Å². The Balaban J connectivity index is 2.11. The number of carbonyl (C=O) groups excluding carboxylic acids is 1. The van der Waals surface area contributed by atoms with Gasteiger partial charge in [-0.05, 0) is 38.0 Å². The highest BCUT2D eigenvalue weighted by atomic mass is 16.5. The number of amides is 1. The van der Waals surface area contributed by atoms with Gasteiger partial charge in [0.05, 0.1) is 24.4 Å². The predicted octanol–water partition coefficient (Wildman–Crippen LogP) is 2.92. The second kappa shape index (κ2) is 7.59. The smallest absolute Gasteiger partial charge is 0.241 e. The number of methoxy groups -OCH3 is 1. The molecule has 4 nitrogen and oxygen atoms in total. The molecule has 1 N–H and O–H groups in total. The number of ether oxygens (including phenoxy) is 1. The molecule has 2 rings (SSSR count). The van der Waals surface area contributed by atoms with E-state index in [2.05, 4.69) is 31.0 Å². The number of hydrogen-bond acceptors (Lipinski definition) is 3. The van der Waals surface area contributed by atoms with Crippen LogP contribution >= 0.6 is 0 Å². The van der Waals surface area contributed by atoms with Crippen LogP contribution in [0, 0.1) is 5.92 Å². The molecule has 21 heavy (non-hydrogen) atoms. The molecular weight excluding hydrogens is 264 g/mol. The predicted molar refractivity (Wildman–Crippen MR) is 85.0 cm³/mol. The molecule has 1 saturated carbocycles. The molecule has 0 bridgehead atoms. The molecule has 122 valence electrons. The summed E-state index contributed by atoms with van der Waals surface area (Å²) in [5.74, 6) is 0.896. The lowest BCUT2D eigenvalue weighted by molar-refractivity contribution is -0.135. The molecule has 1 aliphatic carbocycles. The third-order valence-corrected chi connectivity index (χ3v) is 4.90. The summed E-state index contributed by atoms with van der Waals surface area (Å²) < 4.78 is 5.63. The lowest BCUT2D eigenvalue weighted by atomic mass is 10.1. The van der Waals surface area contributed by atoms with Crippen LogP contribution in [-0.2, 0) is 9.53 Å². The highest BCUT2D eigenvalue weighted by Crippen LogP contribution is 2.32. The second-order valence-corrected chi connectivity index (χ2v) is 7.02. The maximum Gasteiger partial charge on any atom is 0.241 e. The Morgan fingerprint density at radius 3 is 2.76 bits per heavy atom. The number of nitrogens with zero attached hydrogens (tertiary/aromatic N) is 1. The van der Waals surface area contributed by atoms with Gasteiger partial charge in [-0.15, -0.1) is 0 Å². The van der Waals surface area contributed by atoms with Gasteiger partial charge in [-0.25, -0.2) is 0 Å². The van der Waals surface area contributed by atoms with Gasteiger partial charge in [-0.3, -0.25) is 10.1 Å². The lowest BCUT2D eigenvalue weighted by Crippen LogP contribution is -2.48. The minimum absolute atomic E-state index is 0.0202. The molecular formula is C17H32N2O2. The first-order valence-corrected chi connectivity index (χ1v) is 8.69. The first-order valence-electron chi connectivity index (χ1n) is 8.69. The summed E-state index contributed by atoms with van der Waals surface area (Å²) in [4.78, 5) is 15.0. The maximum atomic E-state index is 12.9. The van der Waals surface area contributed by atoms with Crippen molar-refractivity contribution in [3.8, 4) is 0 Å². The van der Waals surface area contributed by atoms with E-state index in [4.69, 9.17) is 4.74 Å². The average molecular weight is 296 g/mol. The van der Waals surface area contributed by atoms with E-state index in [0.717, 1.165) is 38.5 Å². The first-order chi connectivity index (χ1) is 10.1. The standard InChI is InChI=1S/C17H32N2O2/c1-5-6-8-13-17(20)19(16(18-13)11-12(2)3)14-9-7-10-15(14)21-4/h12-16,18H,5-11H2,1-4H3. The Morgan fingerprint density at radius 1 is 1.38 bits per heavy atom. The zero-order chi connectivity index (χ0) is 15.4. The van der Waals surface area contributed by atoms with Crippen molar-refractivity contribution >= 4 is 5.91 Å². The summed E-state index contributed by atoms with van der Waals surface area (Å²) in [6.45, 7) is 6.64. The van der Waals surface area contributed by atoms with Crippen LogP contribution in [0.2, 0.25) is 0 Å². The summed E-state index contributed by atoms with van der Waals surface area (Å²) in [5.41, 5.74) is 0. The molecule has 2 aliphatic rings. The third kappa shape index (κ3) is 3.78. The molecule has 0 aromatic carbocycles. The minimum atomic E-state index is 0.0202. The SMILES string of the molecule is CCCCC1NC(CC(C)C)N(C2CCCC2OC)C1=O. The third-order valence-electron chi connectivity index (χ3n) is 4.90. The summed E-state index contributed by atoms with van der Waals surface area (Å²) in [5, 5.41) is 3.60. The molecule has 1 saturated heterocycles. The van der Waals surface area contributed by atoms with Crippen molar-refractivity contribution in [3.05, 3.63) is 0 Å². The highest BCUT2D eigenvalue weighted by molar-refractivity contribution is 5.84. The summed E-state index contributed by atoms with van der Waals surface area (Å²) in [6, 6.07) is 0.289. The van der Waals surface area contributed by atoms with Crippen LogP contribution in [0.1, 0.15) is 65.7 Å². The van der Waals surface area contributed by atoms with Gasteiger partial charge in [0, 0.05) is 7.11 Å². The van der Waals surface area contributed by atoms with Crippen LogP contribution in [0.3, 0.4) is 0 Å². The number of nitrogens with one attached hydrogen (secondary N) is 1. The van der Waals surface area contributed by atoms with Gasteiger partial charge in [0.25, 0.3) is 0 Å². The zero-order valence-electron chi connectivity index (χ0n) is 14.1. The van der Waals surface area contributed by atoms with Gasteiger partial charge >= 0.3 is 0 Å². The fourth-order valence-corrected chi connectivity index (χ4v) is 3.85. The topological polar surface area (TPSA) is 41.6 Å². The molecule has 2 fully saturated rings. The Morgan fingerprint density at radius 2 is 2.14 bits per heavy atom. The van der Waals surface area contributed by atoms with E-state index in [1.807, 2.05) is 0 Å². The largest absolute Gasteiger partial charge is 0.379 e. The number of unbranched alkanes of at least 4 members (excludes halogenated alkanes) is 1. The van der Waals surface area contributed by atoms with Crippen LogP contribution in [-0.4, -0.2) is 42.3 Å². The van der Waals surface area contributed by atoms with Gasteiger partial charge < -0.3 is 9.64 Å². The normalized spacial score (nSPS) is 33.4. The van der Waals surface area contributed by atoms with Crippen molar-refractivity contribution in [2.75, 3.05) is 7.11 Å². The highest BCUT2D eigenvalue weighted by Gasteiger charge is 2.45. The fraction of sp³-hybridized carbons (Fsp3) is 0.941. The molecule has 4 unspecified atom stereocenters. The Bertz CT molecular complexity index is 346. The Hall–Kier alpha value is -0.610. The van der Waals surface area contributed by atoms with Crippen molar-refractivity contribution in [1.29, 1.82) is 0 Å². The Labute approximate surface area is 129 Å². The second-order valence-electron chi connectivity index (χ2n) is 7.02. The van der Waals surface area contributed by atoms with E-state index >= 15 is 0 Å². The van der Waals surface area contributed by atoms with Gasteiger partial charge in [-0.2, -0.15) is 0 Å². The van der Waals surface area contributed by atoms with Crippen molar-refractivity contribution in [3.63, 3.8) is 0 Å². The Kier molecular flexibility index (Phi) is 6.06. The van der Waals surface area contributed by atoms with Crippen LogP contribution < -0.4 is 5.32 Å². The van der Waals surface area contributed by atoms with Crippen molar-refractivity contribution in [2.45, 2.75) is 90.1 Å². The molecule has 0 aromatic rings. The molecule has 4 atom stereocenters. The van der Waals surface area contributed by atoms with Crippen LogP contribution in [0.25, 0.3) is 0 Å². The van der Waals surface area contributed by atoms with Gasteiger partial charge in [0.1, 0.15) is 0 Å². The molecule has 1 aliphatic heterocycles. The summed E-state index contributed by atoms with van der Waals surface area (Å²) in [6.07, 6.45) is 8.00. The first kappa shape index (κ1) is 16.8. The van der Waals surface area contributed by atoms with E-state index in [1.165, 1.54) is 6.42 Å². The lowest BCUT2D eigenvalue weighted by Gasteiger charge is -2.34. The summed E-state index contributed by atoms with van der Waals surface area (Å²) in [7, 11) is 1.78. The van der Waals surface area contributed by atoms with Crippen molar-refractivity contribution in [2.24, 2.45) is 5.92 Å². The number of hydrogen-bond donors (Lipinski definition) is 1. The number of rotatable bonds is 7. The fourth-order valence-electron chi connectivity index (χ4n) is 3.85.